The van der Waals surface area contributed by atoms with Crippen LogP contribution in [0.25, 0.3) is 0 Å². The number of fused-ring (bicyclic) bond motifs is 1. The first-order valence-electron chi connectivity index (χ1n) is 5.61. The molecule has 1 aliphatic heterocycles. The van der Waals surface area contributed by atoms with Gasteiger partial charge in [0, 0.05) is 18.1 Å². The fraction of sp³-hybridized carbons (Fsp3) is 0.417. The number of hydrogen-bond acceptors (Lipinski definition) is 4. The summed E-state index contributed by atoms with van der Waals surface area (Å²) >= 11 is 0. The van der Waals surface area contributed by atoms with E-state index in [0.717, 1.165) is 12.1 Å². The Kier molecular flexibility index (Phi) is 3.32. The van der Waals surface area contributed by atoms with Crippen LogP contribution in [-0.2, 0) is 10.7 Å². The van der Waals surface area contributed by atoms with Gasteiger partial charge in [0.15, 0.2) is 11.5 Å². The first-order valence-corrected chi connectivity index (χ1v) is 5.61. The van der Waals surface area contributed by atoms with E-state index >= 15 is 0 Å². The highest BCUT2D eigenvalue weighted by Crippen LogP contribution is 2.41. The highest BCUT2D eigenvalue weighted by atomic mass is 19.3. The summed E-state index contributed by atoms with van der Waals surface area (Å²) in [6, 6.07) is 0.747. The van der Waals surface area contributed by atoms with Crippen LogP contribution in [0.1, 0.15) is 24.1 Å². The molecule has 0 bridgehead atoms. The van der Waals surface area contributed by atoms with Gasteiger partial charge in [0.1, 0.15) is 19.3 Å². The Morgan fingerprint density at radius 2 is 2.05 bits per heavy atom. The molecular weight excluding hydrogens is 260 g/mol. The first-order chi connectivity index (χ1) is 8.80. The average Bonchev–Trinajstić information content (AvgIpc) is 2.35. The van der Waals surface area contributed by atoms with E-state index < -0.39 is 17.9 Å². The van der Waals surface area contributed by atoms with Gasteiger partial charge in [-0.3, -0.25) is 4.79 Å². The Bertz CT molecular complexity index is 513. The summed E-state index contributed by atoms with van der Waals surface area (Å²) < 4.78 is 37.3. The summed E-state index contributed by atoms with van der Waals surface area (Å²) in [5, 5.41) is 8.92. The molecule has 0 fully saturated rings. The molecule has 5 nitrogen and oxygen atoms in total. The van der Waals surface area contributed by atoms with Crippen molar-refractivity contribution in [2.24, 2.45) is 5.73 Å². The Morgan fingerprint density at radius 1 is 1.42 bits per heavy atom. The minimum absolute atomic E-state index is 0.0128. The SMILES string of the molecule is CC(F)(F)c1cc2c(c(C(N)C(=O)O)c1)OCCO2. The maximum absolute atomic E-state index is 13.4. The Balaban J connectivity index is 2.59. The normalized spacial score (nSPS) is 16.0. The lowest BCUT2D eigenvalue weighted by molar-refractivity contribution is -0.138. The summed E-state index contributed by atoms with van der Waals surface area (Å²) in [5.74, 6) is -4.23. The van der Waals surface area contributed by atoms with Crippen molar-refractivity contribution in [3.63, 3.8) is 0 Å². The summed E-state index contributed by atoms with van der Waals surface area (Å²) in [4.78, 5) is 10.9. The van der Waals surface area contributed by atoms with Gasteiger partial charge in [-0.05, 0) is 12.1 Å². The van der Waals surface area contributed by atoms with E-state index in [4.69, 9.17) is 20.3 Å². The lowest BCUT2D eigenvalue weighted by Crippen LogP contribution is -2.25. The molecule has 1 aromatic carbocycles. The van der Waals surface area contributed by atoms with Crippen molar-refractivity contribution >= 4 is 5.97 Å². The van der Waals surface area contributed by atoms with E-state index in [1.54, 1.807) is 0 Å². The average molecular weight is 273 g/mol. The van der Waals surface area contributed by atoms with E-state index in [-0.39, 0.29) is 35.8 Å². The molecule has 0 aromatic heterocycles. The second kappa shape index (κ2) is 4.65. The summed E-state index contributed by atoms with van der Waals surface area (Å²) in [7, 11) is 0. The number of benzene rings is 1. The van der Waals surface area contributed by atoms with Crippen molar-refractivity contribution in [3.05, 3.63) is 23.3 Å². The minimum Gasteiger partial charge on any atom is -0.486 e. The highest BCUT2D eigenvalue weighted by Gasteiger charge is 2.31. The number of hydrogen-bond donors (Lipinski definition) is 2. The molecule has 1 heterocycles. The molecular formula is C12H13F2NO4. The van der Waals surface area contributed by atoms with Crippen LogP contribution in [0, 0.1) is 0 Å². The summed E-state index contributed by atoms with van der Waals surface area (Å²) in [6.45, 7) is 1.15. The van der Waals surface area contributed by atoms with Crippen LogP contribution in [-0.4, -0.2) is 24.3 Å². The van der Waals surface area contributed by atoms with Crippen LogP contribution in [0.4, 0.5) is 8.78 Å². The van der Waals surface area contributed by atoms with Crippen LogP contribution in [0.2, 0.25) is 0 Å². The molecule has 0 spiro atoms. The third-order valence-electron chi connectivity index (χ3n) is 2.78. The van der Waals surface area contributed by atoms with Gasteiger partial charge >= 0.3 is 5.97 Å². The van der Waals surface area contributed by atoms with E-state index in [1.165, 1.54) is 0 Å². The maximum atomic E-state index is 13.4. The highest BCUT2D eigenvalue weighted by molar-refractivity contribution is 5.77. The van der Waals surface area contributed by atoms with E-state index in [9.17, 15) is 13.6 Å². The van der Waals surface area contributed by atoms with Crippen LogP contribution in [0.5, 0.6) is 11.5 Å². The van der Waals surface area contributed by atoms with Crippen molar-refractivity contribution < 1.29 is 28.2 Å². The third-order valence-corrected chi connectivity index (χ3v) is 2.78. The lowest BCUT2D eigenvalue weighted by atomic mass is 9.99. The number of alkyl halides is 2. The van der Waals surface area contributed by atoms with Crippen molar-refractivity contribution in [1.29, 1.82) is 0 Å². The number of carboxylic acid groups (broad SMARTS) is 1. The van der Waals surface area contributed by atoms with Crippen LogP contribution in [0.3, 0.4) is 0 Å². The Hall–Kier alpha value is -1.89. The van der Waals surface area contributed by atoms with Gasteiger partial charge in [0.25, 0.3) is 5.92 Å². The van der Waals surface area contributed by atoms with Crippen molar-refractivity contribution in [3.8, 4) is 11.5 Å². The molecule has 0 aliphatic carbocycles. The second-order valence-corrected chi connectivity index (χ2v) is 4.29. The molecule has 2 rings (SSSR count). The van der Waals surface area contributed by atoms with Crippen molar-refractivity contribution in [1.82, 2.24) is 0 Å². The van der Waals surface area contributed by atoms with Gasteiger partial charge < -0.3 is 20.3 Å². The fourth-order valence-electron chi connectivity index (χ4n) is 1.80. The number of ether oxygens (including phenoxy) is 2. The zero-order valence-electron chi connectivity index (χ0n) is 10.2. The summed E-state index contributed by atoms with van der Waals surface area (Å²) in [6.07, 6.45) is 0. The zero-order valence-corrected chi connectivity index (χ0v) is 10.2. The molecule has 0 radical (unpaired) electrons. The summed E-state index contributed by atoms with van der Waals surface area (Å²) in [5.41, 5.74) is 5.12. The number of carboxylic acids is 1. The van der Waals surface area contributed by atoms with E-state index in [2.05, 4.69) is 0 Å². The number of aliphatic carboxylic acids is 1. The van der Waals surface area contributed by atoms with Crippen molar-refractivity contribution in [2.75, 3.05) is 13.2 Å². The van der Waals surface area contributed by atoms with Gasteiger partial charge in [-0.25, -0.2) is 8.78 Å². The Labute approximate surface area is 107 Å². The lowest BCUT2D eigenvalue weighted by Gasteiger charge is -2.24. The standard InChI is InChI=1S/C12H13F2NO4/c1-12(13,14)6-4-7(9(15)11(16)17)10-8(5-6)18-2-3-19-10/h4-5,9H,2-3,15H2,1H3,(H,16,17). The predicted octanol–water partition coefficient (Wildman–Crippen LogP) is 1.65. The molecule has 1 aromatic rings. The monoisotopic (exact) mass is 273 g/mol. The molecule has 104 valence electrons. The quantitative estimate of drug-likeness (QED) is 0.875. The van der Waals surface area contributed by atoms with Gasteiger partial charge in [-0.15, -0.1) is 0 Å². The van der Waals surface area contributed by atoms with Crippen molar-refractivity contribution in [2.45, 2.75) is 18.9 Å². The predicted molar refractivity (Wildman–Crippen MR) is 61.6 cm³/mol. The van der Waals surface area contributed by atoms with Gasteiger partial charge in [0.05, 0.1) is 0 Å². The number of rotatable bonds is 3. The largest absolute Gasteiger partial charge is 0.486 e. The molecule has 0 saturated carbocycles. The molecule has 7 heteroatoms. The molecule has 0 saturated heterocycles. The van der Waals surface area contributed by atoms with Gasteiger partial charge in [-0.1, -0.05) is 0 Å². The number of halogens is 2. The molecule has 3 N–H and O–H groups in total. The molecule has 0 amide bonds. The van der Waals surface area contributed by atoms with Crippen LogP contribution < -0.4 is 15.2 Å². The molecule has 1 atom stereocenters. The minimum atomic E-state index is -3.12. The maximum Gasteiger partial charge on any atom is 0.325 e. The Morgan fingerprint density at radius 3 is 2.63 bits per heavy atom. The first kappa shape index (κ1) is 13.5. The van der Waals surface area contributed by atoms with Crippen LogP contribution >= 0.6 is 0 Å². The fourth-order valence-corrected chi connectivity index (χ4v) is 1.80. The molecule has 1 aliphatic rings. The third kappa shape index (κ3) is 2.60. The number of nitrogens with two attached hydrogens (primary N) is 1. The molecule has 1 unspecified atom stereocenters. The molecule has 19 heavy (non-hydrogen) atoms. The van der Waals surface area contributed by atoms with Gasteiger partial charge in [0.2, 0.25) is 0 Å². The van der Waals surface area contributed by atoms with E-state index in [0.29, 0.717) is 6.92 Å². The zero-order chi connectivity index (χ0) is 14.2. The van der Waals surface area contributed by atoms with Gasteiger partial charge in [-0.2, -0.15) is 0 Å². The smallest absolute Gasteiger partial charge is 0.325 e. The van der Waals surface area contributed by atoms with E-state index in [1.807, 2.05) is 0 Å². The van der Waals surface area contributed by atoms with Crippen LogP contribution in [0.15, 0.2) is 12.1 Å². The topological polar surface area (TPSA) is 81.8 Å². The second-order valence-electron chi connectivity index (χ2n) is 4.29. The number of carbonyl (C=O) groups is 1.